The highest BCUT2D eigenvalue weighted by Gasteiger charge is 2.05. The first-order valence-corrected chi connectivity index (χ1v) is 4.27. The Morgan fingerprint density at radius 2 is 2.15 bits per heavy atom. The van der Waals surface area contributed by atoms with Gasteiger partial charge in [-0.3, -0.25) is 4.79 Å². The van der Waals surface area contributed by atoms with E-state index in [1.54, 1.807) is 12.1 Å². The number of aryl methyl sites for hydroxylation is 1. The van der Waals surface area contributed by atoms with Crippen LogP contribution in [-0.2, 0) is 11.2 Å². The van der Waals surface area contributed by atoms with E-state index in [4.69, 9.17) is 5.11 Å². The van der Waals surface area contributed by atoms with Gasteiger partial charge < -0.3 is 10.2 Å². The lowest BCUT2D eigenvalue weighted by Crippen LogP contribution is -1.98. The third-order valence-corrected chi connectivity index (χ3v) is 2.22. The Hall–Kier alpha value is -1.16. The van der Waals surface area contributed by atoms with Crippen molar-refractivity contribution in [2.75, 3.05) is 0 Å². The Bertz CT molecular complexity index is 323. The zero-order chi connectivity index (χ0) is 9.84. The molecule has 3 nitrogen and oxygen atoms in total. The normalized spacial score (nSPS) is 9.92. The minimum Gasteiger partial charge on any atom is -0.507 e. The average Bonchev–Trinajstić information content (AvgIpc) is 2.07. The molecule has 1 aromatic carbocycles. The minimum absolute atomic E-state index is 0.0526. The van der Waals surface area contributed by atoms with Gasteiger partial charge in [0.25, 0.3) is 0 Å². The quantitative estimate of drug-likeness (QED) is 0.648. The number of hydrogen-bond acceptors (Lipinski definition) is 3. The van der Waals surface area contributed by atoms with Crippen molar-refractivity contribution in [1.29, 1.82) is 0 Å². The number of benzene rings is 1. The summed E-state index contributed by atoms with van der Waals surface area (Å²) in [5.74, 6) is -0.762. The van der Waals surface area contributed by atoms with Crippen LogP contribution >= 0.6 is 12.6 Å². The molecule has 0 unspecified atom stereocenters. The number of phenolic OH excluding ortho intramolecular Hbond substituents is 1. The maximum Gasteiger partial charge on any atom is 0.303 e. The van der Waals surface area contributed by atoms with Crippen LogP contribution in [0.1, 0.15) is 12.0 Å². The first-order valence-electron chi connectivity index (χ1n) is 3.83. The fraction of sp³-hybridized carbons (Fsp3) is 0.222. The van der Waals surface area contributed by atoms with Crippen LogP contribution in [0.3, 0.4) is 0 Å². The summed E-state index contributed by atoms with van der Waals surface area (Å²) in [6, 6.07) is 4.95. The third kappa shape index (κ3) is 2.66. The van der Waals surface area contributed by atoms with Crippen molar-refractivity contribution < 1.29 is 15.0 Å². The predicted octanol–water partition coefficient (Wildman–Crippen LogP) is 1.70. The van der Waals surface area contributed by atoms with Gasteiger partial charge in [-0.15, -0.1) is 12.6 Å². The maximum absolute atomic E-state index is 10.3. The van der Waals surface area contributed by atoms with E-state index in [-0.39, 0.29) is 12.2 Å². The largest absolute Gasteiger partial charge is 0.507 e. The molecule has 0 radical (unpaired) electrons. The number of aromatic hydroxyl groups is 1. The molecule has 0 aliphatic heterocycles. The van der Waals surface area contributed by atoms with Crippen LogP contribution in [0, 0.1) is 0 Å². The highest BCUT2D eigenvalue weighted by Crippen LogP contribution is 2.25. The maximum atomic E-state index is 10.3. The van der Waals surface area contributed by atoms with Gasteiger partial charge in [0.2, 0.25) is 0 Å². The molecule has 70 valence electrons. The van der Waals surface area contributed by atoms with E-state index in [1.807, 2.05) is 0 Å². The Balaban J connectivity index is 2.77. The number of thiol groups is 1. The van der Waals surface area contributed by atoms with E-state index >= 15 is 0 Å². The molecule has 1 rings (SSSR count). The monoisotopic (exact) mass is 198 g/mol. The summed E-state index contributed by atoms with van der Waals surface area (Å²) in [5, 5.41) is 17.7. The molecular weight excluding hydrogens is 188 g/mol. The van der Waals surface area contributed by atoms with Crippen molar-refractivity contribution in [3.05, 3.63) is 23.8 Å². The summed E-state index contributed by atoms with van der Waals surface area (Å²) in [6.45, 7) is 0. The van der Waals surface area contributed by atoms with Gasteiger partial charge in [0, 0.05) is 11.3 Å². The summed E-state index contributed by atoms with van der Waals surface area (Å²) in [7, 11) is 0. The van der Waals surface area contributed by atoms with Crippen LogP contribution in [-0.4, -0.2) is 16.2 Å². The van der Waals surface area contributed by atoms with E-state index in [2.05, 4.69) is 12.6 Å². The van der Waals surface area contributed by atoms with Crippen molar-refractivity contribution >= 4 is 18.6 Å². The van der Waals surface area contributed by atoms with Crippen molar-refractivity contribution in [2.45, 2.75) is 17.7 Å². The first-order chi connectivity index (χ1) is 6.11. The van der Waals surface area contributed by atoms with Crippen LogP contribution < -0.4 is 0 Å². The van der Waals surface area contributed by atoms with Gasteiger partial charge in [-0.1, -0.05) is 12.1 Å². The van der Waals surface area contributed by atoms with Gasteiger partial charge in [-0.05, 0) is 18.1 Å². The molecule has 0 atom stereocenters. The number of hydrogen-bond donors (Lipinski definition) is 3. The molecule has 0 amide bonds. The number of carbonyl (C=O) groups is 1. The lowest BCUT2D eigenvalue weighted by Gasteiger charge is -2.04. The number of rotatable bonds is 3. The summed E-state index contributed by atoms with van der Waals surface area (Å²) in [6.07, 6.45) is 0.444. The molecule has 0 spiro atoms. The molecule has 0 bridgehead atoms. The first kappa shape index (κ1) is 9.92. The molecule has 13 heavy (non-hydrogen) atoms. The van der Waals surface area contributed by atoms with Gasteiger partial charge >= 0.3 is 5.97 Å². The third-order valence-electron chi connectivity index (χ3n) is 1.71. The second-order valence-corrected chi connectivity index (χ2v) is 3.13. The number of carboxylic acid groups (broad SMARTS) is 1. The van der Waals surface area contributed by atoms with Crippen molar-refractivity contribution in [3.8, 4) is 5.75 Å². The molecular formula is C9H10O3S. The second-order valence-electron chi connectivity index (χ2n) is 2.68. The standard InChI is InChI=1S/C9H10O3S/c10-7-3-1-2-6(9(7)13)4-5-8(11)12/h1-3,10,13H,4-5H2,(H,11,12). The molecule has 4 heteroatoms. The lowest BCUT2D eigenvalue weighted by molar-refractivity contribution is -0.136. The summed E-state index contributed by atoms with van der Waals surface area (Å²) < 4.78 is 0. The van der Waals surface area contributed by atoms with Crippen LogP contribution in [0.15, 0.2) is 23.1 Å². The van der Waals surface area contributed by atoms with E-state index < -0.39 is 5.97 Å². The predicted molar refractivity (Wildman–Crippen MR) is 51.3 cm³/mol. The SMILES string of the molecule is O=C(O)CCc1cccc(O)c1S. The highest BCUT2D eigenvalue weighted by atomic mass is 32.1. The van der Waals surface area contributed by atoms with Crippen molar-refractivity contribution in [1.82, 2.24) is 0 Å². The fourth-order valence-electron chi connectivity index (χ4n) is 1.02. The molecule has 0 aliphatic carbocycles. The summed E-state index contributed by atoms with van der Waals surface area (Å²) in [5.41, 5.74) is 0.755. The second kappa shape index (κ2) is 4.18. The molecule has 0 aliphatic rings. The van der Waals surface area contributed by atoms with E-state index in [0.717, 1.165) is 5.56 Å². The van der Waals surface area contributed by atoms with Gasteiger partial charge in [0.05, 0.1) is 0 Å². The fourth-order valence-corrected chi connectivity index (χ4v) is 1.28. The number of aliphatic carboxylic acids is 1. The van der Waals surface area contributed by atoms with Gasteiger partial charge in [-0.25, -0.2) is 0 Å². The lowest BCUT2D eigenvalue weighted by atomic mass is 10.1. The minimum atomic E-state index is -0.851. The smallest absolute Gasteiger partial charge is 0.303 e. The molecule has 1 aromatic rings. The van der Waals surface area contributed by atoms with Gasteiger partial charge in [0.1, 0.15) is 5.75 Å². The molecule has 0 saturated heterocycles. The molecule has 0 fully saturated rings. The average molecular weight is 198 g/mol. The van der Waals surface area contributed by atoms with Crippen molar-refractivity contribution in [3.63, 3.8) is 0 Å². The molecule has 0 saturated carbocycles. The van der Waals surface area contributed by atoms with Crippen molar-refractivity contribution in [2.24, 2.45) is 0 Å². The Kier molecular flexibility index (Phi) is 3.19. The zero-order valence-corrected chi connectivity index (χ0v) is 7.79. The molecule has 0 heterocycles. The Labute approximate surface area is 81.4 Å². The Morgan fingerprint density at radius 1 is 1.46 bits per heavy atom. The van der Waals surface area contributed by atoms with E-state index in [9.17, 15) is 9.90 Å². The summed E-state index contributed by atoms with van der Waals surface area (Å²) >= 11 is 4.07. The van der Waals surface area contributed by atoms with Crippen LogP contribution in [0.2, 0.25) is 0 Å². The Morgan fingerprint density at radius 3 is 2.77 bits per heavy atom. The van der Waals surface area contributed by atoms with E-state index in [0.29, 0.717) is 11.3 Å². The molecule has 0 aromatic heterocycles. The highest BCUT2D eigenvalue weighted by molar-refractivity contribution is 7.80. The topological polar surface area (TPSA) is 57.5 Å². The number of phenols is 1. The molecule has 2 N–H and O–H groups in total. The van der Waals surface area contributed by atoms with Crippen LogP contribution in [0.25, 0.3) is 0 Å². The zero-order valence-electron chi connectivity index (χ0n) is 6.90. The van der Waals surface area contributed by atoms with Gasteiger partial charge in [0.15, 0.2) is 0 Å². The number of carboxylic acids is 1. The van der Waals surface area contributed by atoms with Gasteiger partial charge in [-0.2, -0.15) is 0 Å². The van der Waals surface area contributed by atoms with Crippen LogP contribution in [0.5, 0.6) is 5.75 Å². The van der Waals surface area contributed by atoms with Crippen LogP contribution in [0.4, 0.5) is 0 Å². The van der Waals surface area contributed by atoms with E-state index in [1.165, 1.54) is 6.07 Å². The summed E-state index contributed by atoms with van der Waals surface area (Å²) in [4.78, 5) is 10.7.